The van der Waals surface area contributed by atoms with Crippen molar-refractivity contribution in [2.45, 2.75) is 24.9 Å². The topological polar surface area (TPSA) is 36.1 Å². The molecule has 0 radical (unpaired) electrons. The molecule has 2 unspecified atom stereocenters. The van der Waals surface area contributed by atoms with Crippen LogP contribution in [0, 0.1) is 0 Å². The van der Waals surface area contributed by atoms with Crippen molar-refractivity contribution in [3.05, 3.63) is 64.7 Å². The van der Waals surface area contributed by atoms with Crippen molar-refractivity contribution < 1.29 is 0 Å². The van der Waals surface area contributed by atoms with Crippen LogP contribution in [-0.2, 0) is 12.8 Å². The van der Waals surface area contributed by atoms with E-state index in [0.29, 0.717) is 12.1 Å². The van der Waals surface area contributed by atoms with E-state index < -0.39 is 0 Å². The van der Waals surface area contributed by atoms with Crippen molar-refractivity contribution in [3.8, 4) is 11.1 Å². The normalized spacial score (nSPS) is 21.0. The number of benzene rings is 2. The van der Waals surface area contributed by atoms with Crippen LogP contribution < -0.4 is 16.0 Å². The van der Waals surface area contributed by atoms with E-state index in [1.807, 2.05) is 14.1 Å². The molecule has 3 N–H and O–H groups in total. The van der Waals surface area contributed by atoms with Crippen molar-refractivity contribution in [1.29, 1.82) is 0 Å². The van der Waals surface area contributed by atoms with Gasteiger partial charge in [0.2, 0.25) is 0 Å². The van der Waals surface area contributed by atoms with E-state index in [1.54, 1.807) is 0 Å². The van der Waals surface area contributed by atoms with Crippen molar-refractivity contribution in [1.82, 2.24) is 10.6 Å². The van der Waals surface area contributed by atoms with E-state index >= 15 is 0 Å². The second-order valence-corrected chi connectivity index (χ2v) is 6.66. The van der Waals surface area contributed by atoms with Gasteiger partial charge in [0, 0.05) is 18.8 Å². The quantitative estimate of drug-likeness (QED) is 0.757. The fraction of sp³-hybridized carbons (Fsp3) is 0.333. The first-order valence-electron chi connectivity index (χ1n) is 8.74. The Bertz CT molecular complexity index is 807. The molecule has 2 aliphatic carbocycles. The molecule has 2 aromatic carbocycles. The molecular formula is C21H25N3. The molecule has 0 bridgehead atoms. The van der Waals surface area contributed by atoms with E-state index in [0.717, 1.165) is 12.8 Å². The number of hydrogen-bond donors (Lipinski definition) is 3. The van der Waals surface area contributed by atoms with E-state index in [-0.39, 0.29) is 0 Å². The highest BCUT2D eigenvalue weighted by Crippen LogP contribution is 2.43. The first kappa shape index (κ1) is 15.4. The zero-order chi connectivity index (χ0) is 16.7. The van der Waals surface area contributed by atoms with E-state index in [9.17, 15) is 0 Å². The van der Waals surface area contributed by atoms with Crippen LogP contribution in [0.3, 0.4) is 0 Å². The number of nitrogens with one attached hydrogen (secondary N) is 3. The Balaban J connectivity index is 1.91. The maximum atomic E-state index is 3.52. The van der Waals surface area contributed by atoms with Crippen LogP contribution in [0.25, 0.3) is 11.1 Å². The smallest absolute Gasteiger partial charge is 0.0506 e. The van der Waals surface area contributed by atoms with Gasteiger partial charge in [-0.2, -0.15) is 0 Å². The molecule has 3 nitrogen and oxygen atoms in total. The average molecular weight is 319 g/mol. The standard InChI is InChI=1S/C21H25N3/c1-22-13-7-8-16-15-9-10-17-14(5-4-6-20(17)23-2)18(15)12-21(24-3)19(16)11-13/h4,6-11,20-24H,5,12H2,1-3H3. The maximum absolute atomic E-state index is 3.52. The van der Waals surface area contributed by atoms with Crippen LogP contribution in [0.15, 0.2) is 42.5 Å². The summed E-state index contributed by atoms with van der Waals surface area (Å²) in [5, 5.41) is 10.2. The molecule has 0 aromatic heterocycles. The third-order valence-electron chi connectivity index (χ3n) is 5.53. The Hall–Kier alpha value is -2.10. The van der Waals surface area contributed by atoms with Crippen molar-refractivity contribution in [2.24, 2.45) is 0 Å². The average Bonchev–Trinajstić information content (AvgIpc) is 2.65. The summed E-state index contributed by atoms with van der Waals surface area (Å²) >= 11 is 0. The molecule has 0 fully saturated rings. The van der Waals surface area contributed by atoms with Crippen LogP contribution in [0.4, 0.5) is 5.69 Å². The van der Waals surface area contributed by atoms with Crippen LogP contribution in [-0.4, -0.2) is 21.1 Å². The fourth-order valence-electron chi connectivity index (χ4n) is 4.23. The molecular weight excluding hydrogens is 294 g/mol. The number of anilines is 1. The summed E-state index contributed by atoms with van der Waals surface area (Å²) in [7, 11) is 6.08. The Morgan fingerprint density at radius 3 is 2.46 bits per heavy atom. The molecule has 0 spiro atoms. The lowest BCUT2D eigenvalue weighted by Crippen LogP contribution is -2.26. The zero-order valence-electron chi connectivity index (χ0n) is 14.6. The molecule has 2 atom stereocenters. The number of hydrogen-bond acceptors (Lipinski definition) is 3. The molecule has 24 heavy (non-hydrogen) atoms. The second-order valence-electron chi connectivity index (χ2n) is 6.66. The van der Waals surface area contributed by atoms with Crippen molar-refractivity contribution in [3.63, 3.8) is 0 Å². The van der Waals surface area contributed by atoms with Gasteiger partial charge < -0.3 is 16.0 Å². The summed E-state index contributed by atoms with van der Waals surface area (Å²) < 4.78 is 0. The lowest BCUT2D eigenvalue weighted by Gasteiger charge is -2.32. The van der Waals surface area contributed by atoms with Gasteiger partial charge in [0.1, 0.15) is 0 Å². The Morgan fingerprint density at radius 1 is 0.875 bits per heavy atom. The summed E-state index contributed by atoms with van der Waals surface area (Å²) in [6.07, 6.45) is 6.68. The van der Waals surface area contributed by atoms with Crippen LogP contribution >= 0.6 is 0 Å². The third-order valence-corrected chi connectivity index (χ3v) is 5.53. The minimum Gasteiger partial charge on any atom is -0.388 e. The summed E-state index contributed by atoms with van der Waals surface area (Å²) in [5.41, 5.74) is 9.81. The van der Waals surface area contributed by atoms with Gasteiger partial charge >= 0.3 is 0 Å². The Kier molecular flexibility index (Phi) is 3.91. The monoisotopic (exact) mass is 319 g/mol. The number of likely N-dealkylation sites (N-methyl/N-ethyl adjacent to an activating group) is 2. The Labute approximate surface area is 144 Å². The zero-order valence-corrected chi connectivity index (χ0v) is 14.6. The largest absolute Gasteiger partial charge is 0.388 e. The Morgan fingerprint density at radius 2 is 1.71 bits per heavy atom. The van der Waals surface area contributed by atoms with Gasteiger partial charge in [-0.25, -0.2) is 0 Å². The highest BCUT2D eigenvalue weighted by molar-refractivity contribution is 5.78. The van der Waals surface area contributed by atoms with Gasteiger partial charge in [-0.3, -0.25) is 0 Å². The predicted octanol–water partition coefficient (Wildman–Crippen LogP) is 3.58. The highest BCUT2D eigenvalue weighted by Gasteiger charge is 2.28. The fourth-order valence-corrected chi connectivity index (χ4v) is 4.23. The summed E-state index contributed by atoms with van der Waals surface area (Å²) in [6, 6.07) is 12.1. The molecule has 124 valence electrons. The van der Waals surface area contributed by atoms with Gasteiger partial charge in [-0.1, -0.05) is 30.4 Å². The predicted molar refractivity (Wildman–Crippen MR) is 102 cm³/mol. The van der Waals surface area contributed by atoms with Gasteiger partial charge in [0.05, 0.1) is 6.04 Å². The van der Waals surface area contributed by atoms with Crippen LogP contribution in [0.5, 0.6) is 0 Å². The molecule has 2 aromatic rings. The second kappa shape index (κ2) is 6.08. The van der Waals surface area contributed by atoms with E-state index in [4.69, 9.17) is 0 Å². The lowest BCUT2D eigenvalue weighted by molar-refractivity contribution is 0.582. The minimum absolute atomic E-state index is 0.333. The van der Waals surface area contributed by atoms with Crippen molar-refractivity contribution >= 4 is 5.69 Å². The summed E-state index contributed by atoms with van der Waals surface area (Å²) in [6.45, 7) is 0. The van der Waals surface area contributed by atoms with Gasteiger partial charge in [-0.15, -0.1) is 0 Å². The van der Waals surface area contributed by atoms with E-state index in [2.05, 4.69) is 65.5 Å². The van der Waals surface area contributed by atoms with E-state index in [1.165, 1.54) is 39.1 Å². The lowest BCUT2D eigenvalue weighted by atomic mass is 9.76. The van der Waals surface area contributed by atoms with Crippen LogP contribution in [0.2, 0.25) is 0 Å². The van der Waals surface area contributed by atoms with Crippen LogP contribution in [0.1, 0.15) is 34.3 Å². The number of allylic oxidation sites excluding steroid dienone is 1. The molecule has 0 amide bonds. The number of fused-ring (bicyclic) bond motifs is 5. The maximum Gasteiger partial charge on any atom is 0.0506 e. The number of rotatable bonds is 3. The highest BCUT2D eigenvalue weighted by atomic mass is 14.9. The van der Waals surface area contributed by atoms with Crippen molar-refractivity contribution in [2.75, 3.05) is 26.5 Å². The molecule has 4 rings (SSSR count). The van der Waals surface area contributed by atoms with Gasteiger partial charge in [0.25, 0.3) is 0 Å². The summed E-state index contributed by atoms with van der Waals surface area (Å²) in [4.78, 5) is 0. The molecule has 3 heteroatoms. The third kappa shape index (κ3) is 2.27. The molecule has 0 heterocycles. The SMILES string of the molecule is CNc1ccc2c(c1)C(NC)Cc1c-2ccc2c1CC=CC2NC. The minimum atomic E-state index is 0.333. The van der Waals surface area contributed by atoms with Gasteiger partial charge in [-0.05, 0) is 72.5 Å². The molecule has 0 saturated carbocycles. The van der Waals surface area contributed by atoms with Gasteiger partial charge in [0.15, 0.2) is 0 Å². The molecule has 0 saturated heterocycles. The molecule has 2 aliphatic rings. The first-order chi connectivity index (χ1) is 11.8. The summed E-state index contributed by atoms with van der Waals surface area (Å²) in [5.74, 6) is 0. The molecule has 0 aliphatic heterocycles. The first-order valence-corrected chi connectivity index (χ1v) is 8.74.